The maximum Gasteiger partial charge on any atom is 0.177 e. The van der Waals surface area contributed by atoms with Crippen LogP contribution in [-0.2, 0) is 7.05 Å². The molecule has 5 heteroatoms. The quantitative estimate of drug-likeness (QED) is 0.643. The molecule has 0 unspecified atom stereocenters. The molecule has 1 N–H and O–H groups in total. The van der Waals surface area contributed by atoms with Crippen LogP contribution in [0.25, 0.3) is 22.4 Å². The lowest BCUT2D eigenvalue weighted by molar-refractivity contribution is 0.913. The molecule has 74 valence electrons. The summed E-state index contributed by atoms with van der Waals surface area (Å²) >= 11 is 0. The molecule has 3 rings (SSSR count). The van der Waals surface area contributed by atoms with E-state index in [1.165, 1.54) is 0 Å². The standard InChI is InChI=1S/C10H9N5/c1-15-4-9(14-6-15)7-2-8-10(11-3-7)13-5-12-8/h2-6H,1H3,(H,11,12,13). The summed E-state index contributed by atoms with van der Waals surface area (Å²) in [5, 5.41) is 0. The first-order valence-electron chi connectivity index (χ1n) is 4.60. The Morgan fingerprint density at radius 1 is 1.27 bits per heavy atom. The van der Waals surface area contributed by atoms with Gasteiger partial charge < -0.3 is 9.55 Å². The first-order valence-corrected chi connectivity index (χ1v) is 4.60. The van der Waals surface area contributed by atoms with E-state index in [9.17, 15) is 0 Å². The highest BCUT2D eigenvalue weighted by atomic mass is 15.0. The molecule has 3 heterocycles. The molecular weight excluding hydrogens is 190 g/mol. The van der Waals surface area contributed by atoms with E-state index in [1.807, 2.05) is 23.9 Å². The van der Waals surface area contributed by atoms with Crippen LogP contribution < -0.4 is 0 Å². The summed E-state index contributed by atoms with van der Waals surface area (Å²) in [5.41, 5.74) is 3.57. The van der Waals surface area contributed by atoms with Crippen molar-refractivity contribution < 1.29 is 0 Å². The first-order chi connectivity index (χ1) is 7.33. The van der Waals surface area contributed by atoms with E-state index < -0.39 is 0 Å². The molecule has 3 aromatic heterocycles. The van der Waals surface area contributed by atoms with Crippen LogP contribution in [0, 0.1) is 0 Å². The van der Waals surface area contributed by atoms with Crippen LogP contribution >= 0.6 is 0 Å². The lowest BCUT2D eigenvalue weighted by Crippen LogP contribution is -1.82. The maximum absolute atomic E-state index is 4.27. The topological polar surface area (TPSA) is 59.4 Å². The number of fused-ring (bicyclic) bond motifs is 1. The molecule has 0 aliphatic heterocycles. The molecule has 5 nitrogen and oxygen atoms in total. The Labute approximate surface area is 85.8 Å². The van der Waals surface area contributed by atoms with Gasteiger partial charge in [0.25, 0.3) is 0 Å². The highest BCUT2D eigenvalue weighted by Crippen LogP contribution is 2.18. The van der Waals surface area contributed by atoms with Crippen molar-refractivity contribution in [2.24, 2.45) is 7.05 Å². The van der Waals surface area contributed by atoms with Crippen LogP contribution in [0.2, 0.25) is 0 Å². The summed E-state index contributed by atoms with van der Waals surface area (Å²) in [6.45, 7) is 0. The minimum absolute atomic E-state index is 0.731. The van der Waals surface area contributed by atoms with Gasteiger partial charge in [0.1, 0.15) is 0 Å². The fraction of sp³-hybridized carbons (Fsp3) is 0.100. The van der Waals surface area contributed by atoms with Crippen LogP contribution in [0.5, 0.6) is 0 Å². The van der Waals surface area contributed by atoms with Gasteiger partial charge >= 0.3 is 0 Å². The minimum Gasteiger partial charge on any atom is -0.343 e. The molecule has 15 heavy (non-hydrogen) atoms. The van der Waals surface area contributed by atoms with Crippen molar-refractivity contribution in [3.05, 3.63) is 31.1 Å². The van der Waals surface area contributed by atoms with Crippen LogP contribution in [0.15, 0.2) is 31.1 Å². The van der Waals surface area contributed by atoms with Gasteiger partial charge in [-0.15, -0.1) is 0 Å². The van der Waals surface area contributed by atoms with Crippen LogP contribution in [0.4, 0.5) is 0 Å². The van der Waals surface area contributed by atoms with Gasteiger partial charge in [-0.05, 0) is 6.07 Å². The Bertz CT molecular complexity index is 607. The van der Waals surface area contributed by atoms with Crippen molar-refractivity contribution in [3.63, 3.8) is 0 Å². The van der Waals surface area contributed by atoms with Gasteiger partial charge in [0.2, 0.25) is 0 Å². The monoisotopic (exact) mass is 199 g/mol. The van der Waals surface area contributed by atoms with Crippen molar-refractivity contribution in [1.29, 1.82) is 0 Å². The third-order valence-corrected chi connectivity index (χ3v) is 2.27. The predicted molar refractivity (Wildman–Crippen MR) is 56.1 cm³/mol. The van der Waals surface area contributed by atoms with Gasteiger partial charge in [-0.25, -0.2) is 15.0 Å². The molecule has 0 radical (unpaired) electrons. The van der Waals surface area contributed by atoms with Crippen molar-refractivity contribution in [3.8, 4) is 11.3 Å². The SMILES string of the molecule is Cn1cnc(-c2cnc3nc[nH]c3c2)c1. The molecule has 0 bridgehead atoms. The van der Waals surface area contributed by atoms with Gasteiger partial charge in [-0.3, -0.25) is 0 Å². The third kappa shape index (κ3) is 1.28. The molecule has 0 aromatic carbocycles. The van der Waals surface area contributed by atoms with Crippen molar-refractivity contribution in [1.82, 2.24) is 24.5 Å². The molecule has 0 aliphatic carbocycles. The molecule has 0 aliphatic rings. The number of hydrogen-bond donors (Lipinski definition) is 1. The van der Waals surface area contributed by atoms with Gasteiger partial charge in [0.15, 0.2) is 5.65 Å². The third-order valence-electron chi connectivity index (χ3n) is 2.27. The van der Waals surface area contributed by atoms with E-state index in [4.69, 9.17) is 0 Å². The van der Waals surface area contributed by atoms with Crippen molar-refractivity contribution >= 4 is 11.2 Å². The summed E-state index contributed by atoms with van der Waals surface area (Å²) in [6, 6.07) is 2.00. The largest absolute Gasteiger partial charge is 0.343 e. The molecule has 0 fully saturated rings. The predicted octanol–water partition coefficient (Wildman–Crippen LogP) is 1.36. The Kier molecular flexibility index (Phi) is 1.58. The normalized spacial score (nSPS) is 11.0. The lowest BCUT2D eigenvalue weighted by atomic mass is 10.2. The average Bonchev–Trinajstić information content (AvgIpc) is 2.84. The number of pyridine rings is 1. The molecular formula is C10H9N5. The van der Waals surface area contributed by atoms with Gasteiger partial charge in [-0.1, -0.05) is 0 Å². The zero-order chi connectivity index (χ0) is 10.3. The number of hydrogen-bond acceptors (Lipinski definition) is 3. The van der Waals surface area contributed by atoms with Gasteiger partial charge in [0.05, 0.1) is 23.9 Å². The zero-order valence-corrected chi connectivity index (χ0v) is 8.18. The number of aryl methyl sites for hydroxylation is 1. The number of rotatable bonds is 1. The second kappa shape index (κ2) is 2.91. The van der Waals surface area contributed by atoms with Crippen molar-refractivity contribution in [2.45, 2.75) is 0 Å². The summed E-state index contributed by atoms with van der Waals surface area (Å²) < 4.78 is 1.91. The molecule has 0 saturated carbocycles. The fourth-order valence-electron chi connectivity index (χ4n) is 1.53. The van der Waals surface area contributed by atoms with Crippen molar-refractivity contribution in [2.75, 3.05) is 0 Å². The average molecular weight is 199 g/mol. The zero-order valence-electron chi connectivity index (χ0n) is 8.18. The molecule has 3 aromatic rings. The summed E-state index contributed by atoms with van der Waals surface area (Å²) in [5.74, 6) is 0. The Hall–Kier alpha value is -2.17. The van der Waals surface area contributed by atoms with E-state index >= 15 is 0 Å². The summed E-state index contributed by atoms with van der Waals surface area (Å²) in [4.78, 5) is 15.6. The summed E-state index contributed by atoms with van der Waals surface area (Å²) in [7, 11) is 1.94. The maximum atomic E-state index is 4.27. The van der Waals surface area contributed by atoms with E-state index in [-0.39, 0.29) is 0 Å². The van der Waals surface area contributed by atoms with E-state index in [1.54, 1.807) is 18.9 Å². The Morgan fingerprint density at radius 3 is 3.00 bits per heavy atom. The highest BCUT2D eigenvalue weighted by Gasteiger charge is 2.04. The van der Waals surface area contributed by atoms with Crippen LogP contribution in [0.1, 0.15) is 0 Å². The smallest absolute Gasteiger partial charge is 0.177 e. The number of nitrogens with zero attached hydrogens (tertiary/aromatic N) is 4. The van der Waals surface area contributed by atoms with E-state index in [0.717, 1.165) is 22.4 Å². The highest BCUT2D eigenvalue weighted by molar-refractivity contribution is 5.76. The molecule has 0 atom stereocenters. The first kappa shape index (κ1) is 8.16. The molecule has 0 saturated heterocycles. The molecule has 0 amide bonds. The van der Waals surface area contributed by atoms with Crippen LogP contribution in [0.3, 0.4) is 0 Å². The van der Waals surface area contributed by atoms with E-state index in [2.05, 4.69) is 19.9 Å². The van der Waals surface area contributed by atoms with Crippen LogP contribution in [-0.4, -0.2) is 24.5 Å². The fourth-order valence-corrected chi connectivity index (χ4v) is 1.53. The van der Waals surface area contributed by atoms with Gasteiger partial charge in [-0.2, -0.15) is 0 Å². The van der Waals surface area contributed by atoms with E-state index in [0.29, 0.717) is 0 Å². The second-order valence-corrected chi connectivity index (χ2v) is 3.42. The Morgan fingerprint density at radius 2 is 2.20 bits per heavy atom. The lowest BCUT2D eigenvalue weighted by Gasteiger charge is -1.95. The number of nitrogens with one attached hydrogen (secondary N) is 1. The number of imidazole rings is 2. The Balaban J connectivity index is 2.18. The van der Waals surface area contributed by atoms with Gasteiger partial charge in [0, 0.05) is 25.0 Å². The number of aromatic amines is 1. The minimum atomic E-state index is 0.731. The molecule has 0 spiro atoms. The number of aromatic nitrogens is 5. The number of H-pyrrole nitrogens is 1. The summed E-state index contributed by atoms with van der Waals surface area (Å²) in [6.07, 6.45) is 7.15. The second-order valence-electron chi connectivity index (χ2n) is 3.42.